The highest BCUT2D eigenvalue weighted by molar-refractivity contribution is 4.60. The normalized spacial score (nSPS) is 23.8. The molecule has 0 bridgehead atoms. The van der Waals surface area contributed by atoms with Crippen LogP contribution in [0.2, 0.25) is 0 Å². The summed E-state index contributed by atoms with van der Waals surface area (Å²) in [6.07, 6.45) is 11.6. The minimum Gasteiger partial charge on any atom is -0.512 e. The Morgan fingerprint density at radius 2 is 1.81 bits per heavy atom. The summed E-state index contributed by atoms with van der Waals surface area (Å²) in [4.78, 5) is 1.91. The predicted molar refractivity (Wildman–Crippen MR) is 67.7 cm³/mol. The number of unbranched alkanes of at least 4 members (excludes halogenated alkanes) is 4. The van der Waals surface area contributed by atoms with Gasteiger partial charge in [-0.05, 0) is 19.3 Å². The summed E-state index contributed by atoms with van der Waals surface area (Å²) in [5.74, 6) is 0. The zero-order chi connectivity index (χ0) is 12.2. The first-order valence-corrected chi connectivity index (χ1v) is 6.95. The SMILES string of the molecule is CCCCCCC[NH+]1CCCC1CC.[C-]#N. The van der Waals surface area contributed by atoms with Gasteiger partial charge in [-0.15, -0.1) is 0 Å². The molecule has 2 heteroatoms. The van der Waals surface area contributed by atoms with E-state index < -0.39 is 0 Å². The molecule has 1 aliphatic heterocycles. The molecule has 1 heterocycles. The molecule has 0 aromatic rings. The van der Waals surface area contributed by atoms with Crippen LogP contribution in [0, 0.1) is 11.8 Å². The van der Waals surface area contributed by atoms with Crippen LogP contribution in [-0.2, 0) is 0 Å². The Morgan fingerprint density at radius 1 is 1.12 bits per heavy atom. The molecule has 94 valence electrons. The lowest BCUT2D eigenvalue weighted by Gasteiger charge is -2.20. The Balaban J connectivity index is 0.00000106. The zero-order valence-electron chi connectivity index (χ0n) is 11.1. The molecule has 0 radical (unpaired) electrons. The molecule has 1 rings (SSSR count). The molecule has 0 aliphatic carbocycles. The van der Waals surface area contributed by atoms with Gasteiger partial charge in [0.1, 0.15) is 0 Å². The van der Waals surface area contributed by atoms with Gasteiger partial charge in [-0.2, -0.15) is 0 Å². The molecular formula is C14H28N2. The van der Waals surface area contributed by atoms with Gasteiger partial charge >= 0.3 is 0 Å². The second kappa shape index (κ2) is 11.0. The summed E-state index contributed by atoms with van der Waals surface area (Å²) < 4.78 is 0. The van der Waals surface area contributed by atoms with Crippen LogP contribution < -0.4 is 4.90 Å². The number of hydrogen-bond acceptors (Lipinski definition) is 1. The van der Waals surface area contributed by atoms with E-state index >= 15 is 0 Å². The lowest BCUT2D eigenvalue weighted by Crippen LogP contribution is -3.13. The topological polar surface area (TPSA) is 28.2 Å². The maximum absolute atomic E-state index is 6.25. The summed E-state index contributed by atoms with van der Waals surface area (Å²) >= 11 is 0. The maximum Gasteiger partial charge on any atom is 0.0874 e. The molecule has 1 aliphatic rings. The Hall–Kier alpha value is -0.550. The van der Waals surface area contributed by atoms with Crippen molar-refractivity contribution in [1.82, 2.24) is 0 Å². The van der Waals surface area contributed by atoms with Crippen molar-refractivity contribution in [2.45, 2.75) is 71.3 Å². The molecule has 0 aromatic heterocycles. The minimum atomic E-state index is 1.00. The van der Waals surface area contributed by atoms with Crippen molar-refractivity contribution in [3.63, 3.8) is 0 Å². The fourth-order valence-electron chi connectivity index (χ4n) is 2.76. The Labute approximate surface area is 102 Å². The van der Waals surface area contributed by atoms with Gasteiger partial charge in [0.2, 0.25) is 0 Å². The van der Waals surface area contributed by atoms with E-state index in [4.69, 9.17) is 11.8 Å². The van der Waals surface area contributed by atoms with Gasteiger partial charge < -0.3 is 16.7 Å². The number of rotatable bonds is 7. The fourth-order valence-corrected chi connectivity index (χ4v) is 2.76. The summed E-state index contributed by atoms with van der Waals surface area (Å²) in [6.45, 7) is 12.3. The molecule has 0 aromatic carbocycles. The Bertz CT molecular complexity index is 165. The van der Waals surface area contributed by atoms with Crippen LogP contribution in [0.3, 0.4) is 0 Å². The van der Waals surface area contributed by atoms with Gasteiger partial charge in [0.05, 0.1) is 19.1 Å². The summed E-state index contributed by atoms with van der Waals surface area (Å²) in [6, 6.07) is 1.00. The first-order chi connectivity index (χ1) is 7.88. The highest BCUT2D eigenvalue weighted by Gasteiger charge is 2.25. The van der Waals surface area contributed by atoms with Crippen molar-refractivity contribution in [3.8, 4) is 0 Å². The average Bonchev–Trinajstić information content (AvgIpc) is 2.79. The quantitative estimate of drug-likeness (QED) is 0.522. The third-order valence-electron chi connectivity index (χ3n) is 3.72. The number of hydrogen-bond donors (Lipinski definition) is 1. The molecule has 0 spiro atoms. The standard InChI is InChI=1S/C13H27N.CN/c1-3-5-6-7-8-11-14-12-9-10-13(14)4-2;1-2/h13H,3-12H2,1-2H3;/q;-1/p+1. The third-order valence-corrected chi connectivity index (χ3v) is 3.72. The number of nitrogens with one attached hydrogen (secondary N) is 1. The van der Waals surface area contributed by atoms with E-state index in [9.17, 15) is 0 Å². The molecular weight excluding hydrogens is 196 g/mol. The largest absolute Gasteiger partial charge is 0.512 e. The highest BCUT2D eigenvalue weighted by atomic mass is 15.2. The second-order valence-corrected chi connectivity index (χ2v) is 4.82. The molecule has 1 fully saturated rings. The average molecular weight is 224 g/mol. The molecule has 1 N–H and O–H groups in total. The van der Waals surface area contributed by atoms with E-state index in [1.807, 2.05) is 4.90 Å². The smallest absolute Gasteiger partial charge is 0.0874 e. The first kappa shape index (κ1) is 15.4. The van der Waals surface area contributed by atoms with Crippen molar-refractivity contribution >= 4 is 0 Å². The van der Waals surface area contributed by atoms with Crippen LogP contribution in [0.1, 0.15) is 65.2 Å². The summed E-state index contributed by atoms with van der Waals surface area (Å²) in [5, 5.41) is 6.25. The molecule has 16 heavy (non-hydrogen) atoms. The van der Waals surface area contributed by atoms with Gasteiger partial charge in [-0.3, -0.25) is 0 Å². The van der Waals surface area contributed by atoms with Gasteiger partial charge in [-0.1, -0.05) is 33.1 Å². The van der Waals surface area contributed by atoms with E-state index in [1.54, 1.807) is 0 Å². The van der Waals surface area contributed by atoms with E-state index in [2.05, 4.69) is 13.8 Å². The molecule has 2 nitrogen and oxygen atoms in total. The van der Waals surface area contributed by atoms with Crippen molar-refractivity contribution in [2.24, 2.45) is 0 Å². The van der Waals surface area contributed by atoms with E-state index in [0.717, 1.165) is 6.04 Å². The van der Waals surface area contributed by atoms with Crippen molar-refractivity contribution in [1.29, 1.82) is 5.26 Å². The number of quaternary nitrogens is 1. The van der Waals surface area contributed by atoms with Crippen molar-refractivity contribution in [2.75, 3.05) is 13.1 Å². The number of nitrogens with zero attached hydrogens (tertiary/aromatic N) is 1. The third kappa shape index (κ3) is 6.12. The van der Waals surface area contributed by atoms with Crippen LogP contribution >= 0.6 is 0 Å². The molecule has 2 unspecified atom stereocenters. The Morgan fingerprint density at radius 3 is 2.44 bits per heavy atom. The summed E-state index contributed by atoms with van der Waals surface area (Å²) in [5.41, 5.74) is 0. The number of likely N-dealkylation sites (tertiary alicyclic amines) is 1. The first-order valence-electron chi connectivity index (χ1n) is 6.95. The van der Waals surface area contributed by atoms with Crippen molar-refractivity contribution < 1.29 is 4.90 Å². The van der Waals surface area contributed by atoms with Crippen molar-refractivity contribution in [3.05, 3.63) is 6.57 Å². The van der Waals surface area contributed by atoms with E-state index in [0.29, 0.717) is 0 Å². The summed E-state index contributed by atoms with van der Waals surface area (Å²) in [7, 11) is 0. The molecule has 0 saturated carbocycles. The van der Waals surface area contributed by atoms with Gasteiger partial charge in [0, 0.05) is 12.8 Å². The predicted octanol–water partition coefficient (Wildman–Crippen LogP) is 2.51. The highest BCUT2D eigenvalue weighted by Crippen LogP contribution is 2.05. The lowest BCUT2D eigenvalue weighted by atomic mass is 10.1. The molecule has 2 atom stereocenters. The van der Waals surface area contributed by atoms with Gasteiger partial charge in [-0.25, -0.2) is 0 Å². The van der Waals surface area contributed by atoms with Gasteiger partial charge in [0.15, 0.2) is 0 Å². The monoisotopic (exact) mass is 224 g/mol. The van der Waals surface area contributed by atoms with Crippen LogP contribution in [0.25, 0.3) is 0 Å². The lowest BCUT2D eigenvalue weighted by molar-refractivity contribution is -0.912. The van der Waals surface area contributed by atoms with E-state index in [-0.39, 0.29) is 0 Å². The maximum atomic E-state index is 6.25. The van der Waals surface area contributed by atoms with Crippen LogP contribution in [0.4, 0.5) is 0 Å². The molecule has 0 amide bonds. The second-order valence-electron chi connectivity index (χ2n) is 4.82. The molecule has 1 saturated heterocycles. The zero-order valence-corrected chi connectivity index (χ0v) is 11.1. The van der Waals surface area contributed by atoms with E-state index in [1.165, 1.54) is 64.5 Å². The minimum absolute atomic E-state index is 1.00. The van der Waals surface area contributed by atoms with Crippen LogP contribution in [0.5, 0.6) is 0 Å². The van der Waals surface area contributed by atoms with Gasteiger partial charge in [0.25, 0.3) is 0 Å². The Kier molecular flexibility index (Phi) is 10.6. The van der Waals surface area contributed by atoms with Crippen LogP contribution in [-0.4, -0.2) is 19.1 Å². The fraction of sp³-hybridized carbons (Fsp3) is 0.929. The van der Waals surface area contributed by atoms with Crippen LogP contribution in [0.15, 0.2) is 0 Å².